The SMILES string of the molecule is O=C(Cl)c1c(F)c(F)c(F)c(C(=O)Cl)c1OC(F)=C(F)C(F)(F)C(F)(F)C(F)(F)C(F)(F)C(F)(F)C(F)(F)C(F)(F)F. The summed E-state index contributed by atoms with van der Waals surface area (Å²) in [5.41, 5.74) is -4.99. The number of alkyl halides is 15. The zero-order valence-corrected chi connectivity index (χ0v) is 19.6. The minimum atomic E-state index is -8.90. The van der Waals surface area contributed by atoms with E-state index < -0.39 is 98.4 Å². The third-order valence-electron chi connectivity index (χ3n) is 4.64. The monoisotopic (exact) mass is 702 g/mol. The van der Waals surface area contributed by atoms with Gasteiger partial charge in [-0.3, -0.25) is 9.59 Å². The topological polar surface area (TPSA) is 43.4 Å². The maximum absolute atomic E-state index is 14.0. The maximum atomic E-state index is 14.0. The molecule has 0 amide bonds. The lowest BCUT2D eigenvalue weighted by Gasteiger charge is -2.41. The zero-order chi connectivity index (χ0) is 34.0. The van der Waals surface area contributed by atoms with Crippen LogP contribution in [0.25, 0.3) is 0 Å². The van der Waals surface area contributed by atoms with E-state index in [0.29, 0.717) is 0 Å². The molecule has 0 N–H and O–H groups in total. The van der Waals surface area contributed by atoms with Crippen molar-refractivity contribution < 1.29 is 102 Å². The number of carbonyl (C=O) groups is 2. The molecule has 0 saturated heterocycles. The number of benzene rings is 1. The first-order chi connectivity index (χ1) is 18.3. The molecule has 1 rings (SSSR count). The van der Waals surface area contributed by atoms with Crippen LogP contribution in [0.4, 0.5) is 87.8 Å². The molecule has 1 aromatic rings. The summed E-state index contributed by atoms with van der Waals surface area (Å²) in [5, 5.41) is -5.10. The number of ether oxygens (including phenoxy) is 1. The highest BCUT2D eigenvalue weighted by Gasteiger charge is 2.93. The van der Waals surface area contributed by atoms with Gasteiger partial charge in [-0.1, -0.05) is 0 Å². The number of carbonyl (C=O) groups excluding carboxylic acids is 2. The minimum Gasteiger partial charge on any atom is -0.428 e. The second kappa shape index (κ2) is 10.8. The molecule has 0 heterocycles. The fourth-order valence-electron chi connectivity index (χ4n) is 2.46. The molecule has 0 aliphatic carbocycles. The fraction of sp³-hybridized carbons (Fsp3) is 0.412. The third-order valence-corrected chi connectivity index (χ3v) is 5.02. The van der Waals surface area contributed by atoms with Crippen molar-refractivity contribution in [1.29, 1.82) is 0 Å². The van der Waals surface area contributed by atoms with Crippen molar-refractivity contribution in [3.05, 3.63) is 40.4 Å². The smallest absolute Gasteiger partial charge is 0.428 e. The van der Waals surface area contributed by atoms with Gasteiger partial charge in [-0.05, 0) is 23.2 Å². The molecule has 0 saturated carbocycles. The van der Waals surface area contributed by atoms with Crippen LogP contribution in [0.2, 0.25) is 0 Å². The zero-order valence-electron chi connectivity index (χ0n) is 18.0. The highest BCUT2D eigenvalue weighted by molar-refractivity contribution is 6.69. The van der Waals surface area contributed by atoms with Gasteiger partial charge in [0.05, 0.1) is 0 Å². The van der Waals surface area contributed by atoms with Gasteiger partial charge < -0.3 is 4.74 Å². The van der Waals surface area contributed by atoms with Gasteiger partial charge in [-0.25, -0.2) is 13.2 Å². The van der Waals surface area contributed by atoms with Gasteiger partial charge in [0, 0.05) is 0 Å². The summed E-state index contributed by atoms with van der Waals surface area (Å²) in [4.78, 5) is 22.5. The van der Waals surface area contributed by atoms with Crippen molar-refractivity contribution in [2.45, 2.75) is 41.7 Å². The molecule has 0 atom stereocenters. The molecule has 0 bridgehead atoms. The normalized spacial score (nSPS) is 15.0. The number of hydrogen-bond donors (Lipinski definition) is 0. The van der Waals surface area contributed by atoms with E-state index >= 15 is 0 Å². The van der Waals surface area contributed by atoms with Gasteiger partial charge in [0.15, 0.2) is 23.2 Å². The van der Waals surface area contributed by atoms with Gasteiger partial charge in [0.1, 0.15) is 11.1 Å². The molecule has 0 aromatic heterocycles. The molecule has 0 aliphatic rings. The lowest BCUT2D eigenvalue weighted by atomic mass is 9.90. The maximum Gasteiger partial charge on any atom is 0.460 e. The number of hydrogen-bond acceptors (Lipinski definition) is 3. The Kier molecular flexibility index (Phi) is 9.57. The lowest BCUT2D eigenvalue weighted by Crippen LogP contribution is -2.72. The van der Waals surface area contributed by atoms with Gasteiger partial charge in [0.2, 0.25) is 5.83 Å². The van der Waals surface area contributed by atoms with Gasteiger partial charge in [0.25, 0.3) is 10.5 Å². The lowest BCUT2D eigenvalue weighted by molar-refractivity contribution is -0.451. The van der Waals surface area contributed by atoms with Gasteiger partial charge >= 0.3 is 47.7 Å². The predicted octanol–water partition coefficient (Wildman–Crippen LogP) is 8.72. The summed E-state index contributed by atoms with van der Waals surface area (Å²) in [6.07, 6.45) is -7.95. The Labute approximate surface area is 224 Å². The largest absolute Gasteiger partial charge is 0.460 e. The first kappa shape index (κ1) is 37.3. The fourth-order valence-corrected chi connectivity index (χ4v) is 2.79. The van der Waals surface area contributed by atoms with E-state index in [4.69, 9.17) is 0 Å². The summed E-state index contributed by atoms with van der Waals surface area (Å²) in [5.74, 6) is -68.2. The predicted molar refractivity (Wildman–Crippen MR) is 92.3 cm³/mol. The molecular weight excluding hydrogens is 703 g/mol. The molecule has 0 spiro atoms. The molecule has 25 heteroatoms. The second-order valence-electron chi connectivity index (χ2n) is 7.20. The summed E-state index contributed by atoms with van der Waals surface area (Å²) < 4.78 is 270. The van der Waals surface area contributed by atoms with Gasteiger partial charge in [-0.15, -0.1) is 0 Å². The Hall–Kier alpha value is -2.72. The van der Waals surface area contributed by atoms with Crippen molar-refractivity contribution >= 4 is 33.7 Å². The van der Waals surface area contributed by atoms with Crippen LogP contribution in [-0.4, -0.2) is 52.2 Å². The average Bonchev–Trinajstić information content (AvgIpc) is 2.80. The van der Waals surface area contributed by atoms with Crippen LogP contribution in [0.5, 0.6) is 5.75 Å². The highest BCUT2D eigenvalue weighted by atomic mass is 35.5. The first-order valence-corrected chi connectivity index (χ1v) is 9.73. The minimum absolute atomic E-state index is 2.50. The highest BCUT2D eigenvalue weighted by Crippen LogP contribution is 2.63. The van der Waals surface area contributed by atoms with E-state index in [1.54, 1.807) is 0 Å². The molecule has 42 heavy (non-hydrogen) atoms. The molecule has 0 radical (unpaired) electrons. The van der Waals surface area contributed by atoms with Crippen LogP contribution >= 0.6 is 23.2 Å². The van der Waals surface area contributed by atoms with Crippen molar-refractivity contribution in [3.8, 4) is 5.75 Å². The Morgan fingerprint density at radius 2 is 0.833 bits per heavy atom. The van der Waals surface area contributed by atoms with E-state index in [1.807, 2.05) is 0 Å². The van der Waals surface area contributed by atoms with E-state index in [9.17, 15) is 97.4 Å². The van der Waals surface area contributed by atoms with Crippen molar-refractivity contribution in [3.63, 3.8) is 0 Å². The quantitative estimate of drug-likeness (QED) is 0.106. The average molecular weight is 703 g/mol. The Morgan fingerprint density at radius 1 is 0.524 bits per heavy atom. The van der Waals surface area contributed by atoms with Crippen LogP contribution in [0.3, 0.4) is 0 Å². The summed E-state index contributed by atoms with van der Waals surface area (Å²) >= 11 is 9.33. The standard InChI is InChI=1S/C17Cl2F20O3/c18-8(40)1-3(20)5(22)4(21)2(9(19)41)6(1)42-10(24)7(23)11(25,26)12(27,28)13(29,30)14(31,32)15(33,34)16(35,36)17(37,38)39. The molecule has 1 aromatic carbocycles. The number of halogens is 22. The van der Waals surface area contributed by atoms with Crippen molar-refractivity contribution in [2.24, 2.45) is 0 Å². The molecule has 0 aliphatic heterocycles. The van der Waals surface area contributed by atoms with E-state index in [1.165, 1.54) is 0 Å². The van der Waals surface area contributed by atoms with Crippen LogP contribution < -0.4 is 4.74 Å². The molecular formula is C17Cl2F20O3. The molecule has 0 unspecified atom stereocenters. The van der Waals surface area contributed by atoms with Crippen LogP contribution in [0, 0.1) is 17.5 Å². The first-order valence-electron chi connectivity index (χ1n) is 8.97. The number of allylic oxidation sites excluding steroid dienone is 1. The molecule has 0 fully saturated rings. The van der Waals surface area contributed by atoms with E-state index in [0.717, 1.165) is 0 Å². The summed E-state index contributed by atoms with van der Waals surface area (Å²) in [7, 11) is 0. The van der Waals surface area contributed by atoms with E-state index in [-0.39, 0.29) is 0 Å². The van der Waals surface area contributed by atoms with Crippen LogP contribution in [-0.2, 0) is 0 Å². The van der Waals surface area contributed by atoms with Crippen molar-refractivity contribution in [2.75, 3.05) is 0 Å². The Morgan fingerprint density at radius 3 is 1.14 bits per heavy atom. The molecule has 240 valence electrons. The summed E-state index contributed by atoms with van der Waals surface area (Å²) in [6, 6.07) is -4.32. The van der Waals surface area contributed by atoms with Gasteiger partial charge in [-0.2, -0.15) is 74.6 Å². The Bertz CT molecular complexity index is 1270. The van der Waals surface area contributed by atoms with Crippen LogP contribution in [0.15, 0.2) is 11.8 Å². The van der Waals surface area contributed by atoms with Crippen molar-refractivity contribution in [1.82, 2.24) is 0 Å². The number of rotatable bonds is 10. The Balaban J connectivity index is 3.94. The molecule has 3 nitrogen and oxygen atoms in total. The third kappa shape index (κ3) is 5.19. The summed E-state index contributed by atoms with van der Waals surface area (Å²) in [6.45, 7) is 0. The second-order valence-corrected chi connectivity index (χ2v) is 7.89. The van der Waals surface area contributed by atoms with E-state index in [2.05, 4.69) is 27.9 Å². The van der Waals surface area contributed by atoms with Crippen LogP contribution in [0.1, 0.15) is 20.7 Å².